The van der Waals surface area contributed by atoms with Gasteiger partial charge in [0.2, 0.25) is 10.0 Å². The number of carbonyl (C=O) groups excluding carboxylic acids is 1. The standard InChI is InChI=1S/C15H13F3N2O3S/c16-15(17,18)14(21)20-24(22,23)9-11-3-1-2-4-13(11)10-5-7-12(19)8-6-10/h1-8H,9,19H2,(H,20,21). The summed E-state index contributed by atoms with van der Waals surface area (Å²) in [6.07, 6.45) is -5.27. The quantitative estimate of drug-likeness (QED) is 0.822. The number of rotatable bonds is 4. The summed E-state index contributed by atoms with van der Waals surface area (Å²) in [4.78, 5) is 10.8. The summed E-state index contributed by atoms with van der Waals surface area (Å²) >= 11 is 0. The number of nitrogens with one attached hydrogen (secondary N) is 1. The van der Waals surface area contributed by atoms with Crippen LogP contribution >= 0.6 is 0 Å². The third-order valence-electron chi connectivity index (χ3n) is 3.09. The number of sulfonamides is 1. The van der Waals surface area contributed by atoms with Gasteiger partial charge in [-0.05, 0) is 28.8 Å². The van der Waals surface area contributed by atoms with Crippen LogP contribution in [0.5, 0.6) is 0 Å². The van der Waals surface area contributed by atoms with Crippen molar-refractivity contribution in [2.75, 3.05) is 5.73 Å². The van der Waals surface area contributed by atoms with Crippen LogP contribution in [0.4, 0.5) is 18.9 Å². The molecular formula is C15H13F3N2O3S. The first-order valence-electron chi connectivity index (χ1n) is 6.64. The van der Waals surface area contributed by atoms with E-state index in [9.17, 15) is 26.4 Å². The Morgan fingerprint density at radius 1 is 1.04 bits per heavy atom. The lowest BCUT2D eigenvalue weighted by atomic mass is 10.0. The van der Waals surface area contributed by atoms with E-state index < -0.39 is 27.9 Å². The van der Waals surface area contributed by atoms with Gasteiger partial charge in [-0.25, -0.2) is 13.1 Å². The van der Waals surface area contributed by atoms with Crippen LogP contribution in [-0.4, -0.2) is 20.5 Å². The number of alkyl halides is 3. The van der Waals surface area contributed by atoms with Gasteiger partial charge < -0.3 is 5.73 Å². The van der Waals surface area contributed by atoms with Crippen LogP contribution in [0.15, 0.2) is 48.5 Å². The van der Waals surface area contributed by atoms with E-state index in [-0.39, 0.29) is 5.56 Å². The second-order valence-corrected chi connectivity index (χ2v) is 6.69. The Morgan fingerprint density at radius 3 is 2.21 bits per heavy atom. The topological polar surface area (TPSA) is 89.3 Å². The summed E-state index contributed by atoms with van der Waals surface area (Å²) in [6, 6.07) is 12.9. The number of hydrogen-bond acceptors (Lipinski definition) is 4. The molecule has 0 spiro atoms. The first kappa shape index (κ1) is 17.8. The van der Waals surface area contributed by atoms with E-state index in [1.807, 2.05) is 0 Å². The zero-order chi connectivity index (χ0) is 18.0. The molecule has 5 nitrogen and oxygen atoms in total. The van der Waals surface area contributed by atoms with Gasteiger partial charge in [0.15, 0.2) is 0 Å². The molecule has 0 saturated carbocycles. The first-order valence-corrected chi connectivity index (χ1v) is 8.29. The lowest BCUT2D eigenvalue weighted by molar-refractivity contribution is -0.171. The molecule has 0 aromatic heterocycles. The molecule has 2 aromatic carbocycles. The van der Waals surface area contributed by atoms with Gasteiger partial charge in [-0.15, -0.1) is 0 Å². The smallest absolute Gasteiger partial charge is 0.399 e. The Balaban J connectivity index is 2.30. The highest BCUT2D eigenvalue weighted by Crippen LogP contribution is 2.26. The van der Waals surface area contributed by atoms with Crippen molar-refractivity contribution >= 4 is 21.6 Å². The van der Waals surface area contributed by atoms with Crippen molar-refractivity contribution in [3.05, 3.63) is 54.1 Å². The number of halogens is 3. The van der Waals surface area contributed by atoms with Crippen molar-refractivity contribution in [2.45, 2.75) is 11.9 Å². The molecular weight excluding hydrogens is 345 g/mol. The van der Waals surface area contributed by atoms with Crippen LogP contribution in [0, 0.1) is 0 Å². The Morgan fingerprint density at radius 2 is 1.62 bits per heavy atom. The molecule has 2 rings (SSSR count). The summed E-state index contributed by atoms with van der Waals surface area (Å²) in [6.45, 7) is 0. The molecule has 0 aliphatic rings. The molecule has 0 saturated heterocycles. The van der Waals surface area contributed by atoms with Crippen molar-refractivity contribution in [2.24, 2.45) is 0 Å². The Labute approximate surface area is 136 Å². The van der Waals surface area contributed by atoms with Crippen molar-refractivity contribution < 1.29 is 26.4 Å². The monoisotopic (exact) mass is 358 g/mol. The maximum Gasteiger partial charge on any atom is 0.472 e. The van der Waals surface area contributed by atoms with Gasteiger partial charge in [0.05, 0.1) is 5.75 Å². The van der Waals surface area contributed by atoms with Gasteiger partial charge in [0, 0.05) is 5.69 Å². The molecule has 128 valence electrons. The second-order valence-electron chi connectivity index (χ2n) is 4.97. The van der Waals surface area contributed by atoms with E-state index in [0.717, 1.165) is 4.72 Å². The van der Waals surface area contributed by atoms with Crippen LogP contribution in [-0.2, 0) is 20.6 Å². The minimum atomic E-state index is -5.27. The summed E-state index contributed by atoms with van der Waals surface area (Å²) in [5.41, 5.74) is 7.53. The third-order valence-corrected chi connectivity index (χ3v) is 4.28. The zero-order valence-electron chi connectivity index (χ0n) is 12.2. The van der Waals surface area contributed by atoms with Crippen LogP contribution < -0.4 is 10.5 Å². The largest absolute Gasteiger partial charge is 0.472 e. The van der Waals surface area contributed by atoms with Crippen LogP contribution in [0.3, 0.4) is 0 Å². The zero-order valence-corrected chi connectivity index (χ0v) is 13.0. The molecule has 24 heavy (non-hydrogen) atoms. The van der Waals surface area contributed by atoms with Crippen LogP contribution in [0.25, 0.3) is 11.1 Å². The van der Waals surface area contributed by atoms with Gasteiger partial charge in [-0.3, -0.25) is 4.79 Å². The van der Waals surface area contributed by atoms with Crippen LogP contribution in [0.2, 0.25) is 0 Å². The minimum Gasteiger partial charge on any atom is -0.399 e. The van der Waals surface area contributed by atoms with Gasteiger partial charge in [0.25, 0.3) is 0 Å². The van der Waals surface area contributed by atoms with E-state index >= 15 is 0 Å². The third kappa shape index (κ3) is 4.48. The molecule has 0 radical (unpaired) electrons. The highest BCUT2D eigenvalue weighted by atomic mass is 32.2. The first-order chi connectivity index (χ1) is 11.1. The normalized spacial score (nSPS) is 12.0. The second kappa shape index (κ2) is 6.52. The van der Waals surface area contributed by atoms with Crippen molar-refractivity contribution in [3.8, 4) is 11.1 Å². The van der Waals surface area contributed by atoms with Crippen molar-refractivity contribution in [1.82, 2.24) is 4.72 Å². The fourth-order valence-electron chi connectivity index (χ4n) is 2.03. The lowest BCUT2D eigenvalue weighted by Crippen LogP contribution is -2.41. The average Bonchev–Trinajstić information content (AvgIpc) is 2.47. The minimum absolute atomic E-state index is 0.254. The maximum absolute atomic E-state index is 12.2. The molecule has 1 amide bonds. The number of anilines is 1. The molecule has 0 atom stereocenters. The predicted octanol–water partition coefficient (Wildman–Crippen LogP) is 2.44. The van der Waals surface area contributed by atoms with Crippen molar-refractivity contribution in [3.63, 3.8) is 0 Å². The molecule has 2 aromatic rings. The van der Waals surface area contributed by atoms with Gasteiger partial charge >= 0.3 is 12.1 Å². The summed E-state index contributed by atoms with van der Waals surface area (Å²) in [5.74, 6) is -3.29. The Bertz CT molecular complexity index is 847. The molecule has 0 aliphatic carbocycles. The number of hydrogen-bond donors (Lipinski definition) is 2. The highest BCUT2D eigenvalue weighted by Gasteiger charge is 2.41. The van der Waals surface area contributed by atoms with E-state index in [4.69, 9.17) is 5.73 Å². The maximum atomic E-state index is 12.2. The fraction of sp³-hybridized carbons (Fsp3) is 0.133. The summed E-state index contributed by atoms with van der Waals surface area (Å²) < 4.78 is 61.3. The molecule has 0 heterocycles. The van der Waals surface area contributed by atoms with Gasteiger partial charge in [-0.2, -0.15) is 13.2 Å². The number of amides is 1. The number of nitrogens with two attached hydrogens (primary N) is 1. The molecule has 0 unspecified atom stereocenters. The molecule has 0 fully saturated rings. The van der Waals surface area contributed by atoms with E-state index in [0.29, 0.717) is 16.8 Å². The van der Waals surface area contributed by atoms with E-state index in [1.54, 1.807) is 42.5 Å². The van der Waals surface area contributed by atoms with Gasteiger partial charge in [0.1, 0.15) is 0 Å². The molecule has 0 bridgehead atoms. The van der Waals surface area contributed by atoms with Gasteiger partial charge in [-0.1, -0.05) is 36.4 Å². The summed E-state index contributed by atoms with van der Waals surface area (Å²) in [5, 5.41) is 0. The van der Waals surface area contributed by atoms with Crippen LogP contribution in [0.1, 0.15) is 5.56 Å². The number of carbonyl (C=O) groups is 1. The average molecular weight is 358 g/mol. The Kier molecular flexibility index (Phi) is 4.83. The number of nitrogen functional groups attached to an aromatic ring is 1. The lowest BCUT2D eigenvalue weighted by Gasteiger charge is -2.12. The predicted molar refractivity (Wildman–Crippen MR) is 83.1 cm³/mol. The van der Waals surface area contributed by atoms with E-state index in [2.05, 4.69) is 0 Å². The fourth-order valence-corrected chi connectivity index (χ4v) is 3.16. The summed E-state index contributed by atoms with van der Waals surface area (Å²) in [7, 11) is -4.50. The Hall–Kier alpha value is -2.55. The van der Waals surface area contributed by atoms with Crippen molar-refractivity contribution in [1.29, 1.82) is 0 Å². The highest BCUT2D eigenvalue weighted by molar-refractivity contribution is 7.89. The molecule has 9 heteroatoms. The number of benzene rings is 2. The van der Waals surface area contributed by atoms with E-state index in [1.165, 1.54) is 6.07 Å². The molecule has 3 N–H and O–H groups in total. The molecule has 0 aliphatic heterocycles. The SMILES string of the molecule is Nc1ccc(-c2ccccc2CS(=O)(=O)NC(=O)C(F)(F)F)cc1.